The highest BCUT2D eigenvalue weighted by Gasteiger charge is 2.20. The van der Waals surface area contributed by atoms with E-state index in [-0.39, 0.29) is 21.7 Å². The van der Waals surface area contributed by atoms with Crippen molar-refractivity contribution in [3.63, 3.8) is 0 Å². The Morgan fingerprint density at radius 1 is 0.912 bits per heavy atom. The first-order chi connectivity index (χ1) is 16.2. The summed E-state index contributed by atoms with van der Waals surface area (Å²) in [6.45, 7) is 1.79. The number of rotatable bonds is 6. The van der Waals surface area contributed by atoms with Crippen molar-refractivity contribution >= 4 is 44.2 Å². The van der Waals surface area contributed by atoms with Crippen molar-refractivity contribution in [2.45, 2.75) is 11.8 Å². The summed E-state index contributed by atoms with van der Waals surface area (Å²) < 4.78 is 28.6. The molecule has 0 fully saturated rings. The number of benzene rings is 3. The van der Waals surface area contributed by atoms with Gasteiger partial charge in [-0.15, -0.1) is 0 Å². The van der Waals surface area contributed by atoms with Crippen LogP contribution in [-0.4, -0.2) is 30.4 Å². The number of anilines is 2. The Morgan fingerprint density at radius 2 is 1.59 bits per heavy atom. The molecule has 34 heavy (non-hydrogen) atoms. The minimum Gasteiger partial charge on any atom is -0.477 e. The third kappa shape index (κ3) is 4.39. The van der Waals surface area contributed by atoms with Crippen LogP contribution in [0.1, 0.15) is 26.3 Å². The van der Waals surface area contributed by atoms with Crippen molar-refractivity contribution in [1.29, 1.82) is 0 Å². The van der Waals surface area contributed by atoms with Gasteiger partial charge < -0.3 is 15.4 Å². The Morgan fingerprint density at radius 3 is 2.29 bits per heavy atom. The minimum atomic E-state index is -4.19. The zero-order valence-electron chi connectivity index (χ0n) is 17.8. The second-order valence-electron chi connectivity index (χ2n) is 7.46. The molecule has 10 heteroatoms. The number of carboxylic acids is 1. The molecule has 9 nitrogen and oxygen atoms in total. The van der Waals surface area contributed by atoms with Gasteiger partial charge in [-0.25, -0.2) is 13.2 Å². The number of pyridine rings is 1. The molecule has 0 atom stereocenters. The molecule has 172 valence electrons. The normalized spacial score (nSPS) is 11.2. The van der Waals surface area contributed by atoms with Crippen LogP contribution in [0.15, 0.2) is 82.6 Å². The highest BCUT2D eigenvalue weighted by atomic mass is 32.2. The summed E-state index contributed by atoms with van der Waals surface area (Å²) in [6, 6.07) is 17.1. The summed E-state index contributed by atoms with van der Waals surface area (Å²) >= 11 is 0. The van der Waals surface area contributed by atoms with E-state index in [0.717, 1.165) is 17.8 Å². The molecule has 1 amide bonds. The van der Waals surface area contributed by atoms with Gasteiger partial charge in [-0.1, -0.05) is 30.3 Å². The van der Waals surface area contributed by atoms with E-state index >= 15 is 0 Å². The Hall–Kier alpha value is -4.44. The predicted octanol–water partition coefficient (Wildman–Crippen LogP) is 3.59. The smallest absolute Gasteiger partial charge is 0.341 e. The number of hydrogen-bond donors (Lipinski definition) is 4. The van der Waals surface area contributed by atoms with Crippen LogP contribution >= 0.6 is 0 Å². The molecule has 0 aliphatic rings. The lowest BCUT2D eigenvalue weighted by Crippen LogP contribution is -2.19. The molecule has 0 bridgehead atoms. The van der Waals surface area contributed by atoms with E-state index in [2.05, 4.69) is 15.0 Å². The van der Waals surface area contributed by atoms with Crippen LogP contribution in [0.4, 0.5) is 11.4 Å². The fraction of sp³-hybridized carbons (Fsp3) is 0.0417. The topological polar surface area (TPSA) is 145 Å². The average Bonchev–Trinajstić information content (AvgIpc) is 2.80. The molecule has 0 aliphatic carbocycles. The fourth-order valence-corrected chi connectivity index (χ4v) is 4.53. The molecule has 3 aromatic carbocycles. The summed E-state index contributed by atoms with van der Waals surface area (Å²) in [4.78, 5) is 38.9. The third-order valence-corrected chi connectivity index (χ3v) is 6.57. The molecule has 0 saturated carbocycles. The number of H-pyrrole nitrogens is 1. The quantitative estimate of drug-likeness (QED) is 0.334. The van der Waals surface area contributed by atoms with Gasteiger partial charge >= 0.3 is 5.97 Å². The number of carbonyl (C=O) groups excluding carboxylic acids is 1. The number of fused-ring (bicyclic) bond motifs is 1. The monoisotopic (exact) mass is 477 g/mol. The number of para-hydroxylation sites is 2. The van der Waals surface area contributed by atoms with E-state index in [0.29, 0.717) is 11.1 Å². The number of sulfonamides is 1. The third-order valence-electron chi connectivity index (χ3n) is 5.20. The number of carboxylic acid groups (broad SMARTS) is 1. The summed E-state index contributed by atoms with van der Waals surface area (Å²) in [5.41, 5.74) is 0.565. The van der Waals surface area contributed by atoms with Crippen LogP contribution in [0.2, 0.25) is 0 Å². The van der Waals surface area contributed by atoms with Gasteiger partial charge in [0.1, 0.15) is 5.56 Å². The van der Waals surface area contributed by atoms with E-state index in [1.165, 1.54) is 18.2 Å². The maximum atomic E-state index is 13.1. The number of aromatic carboxylic acids is 1. The first-order valence-corrected chi connectivity index (χ1v) is 11.5. The van der Waals surface area contributed by atoms with Gasteiger partial charge in [0.05, 0.1) is 16.3 Å². The van der Waals surface area contributed by atoms with Crippen LogP contribution in [0.25, 0.3) is 10.9 Å². The van der Waals surface area contributed by atoms with Crippen molar-refractivity contribution in [1.82, 2.24) is 4.98 Å². The minimum absolute atomic E-state index is 0.0797. The second kappa shape index (κ2) is 8.83. The number of aromatic amines is 1. The van der Waals surface area contributed by atoms with Gasteiger partial charge in [-0.05, 0) is 48.9 Å². The summed E-state index contributed by atoms with van der Waals surface area (Å²) in [5, 5.41) is 11.8. The molecular weight excluding hydrogens is 458 g/mol. The molecule has 4 N–H and O–H groups in total. The second-order valence-corrected chi connectivity index (χ2v) is 9.15. The van der Waals surface area contributed by atoms with Crippen LogP contribution < -0.4 is 15.5 Å². The van der Waals surface area contributed by atoms with E-state index < -0.39 is 32.9 Å². The SMILES string of the molecule is Cc1ccccc1C(=O)Nc1ccccc1NS(=O)(=O)c1ccc2[nH]cc(C(=O)O)c(=O)c2c1. The lowest BCUT2D eigenvalue weighted by atomic mass is 10.1. The average molecular weight is 477 g/mol. The molecular formula is C24H19N3O6S. The van der Waals surface area contributed by atoms with Crippen molar-refractivity contribution in [2.24, 2.45) is 0 Å². The first kappa shape index (κ1) is 22.7. The van der Waals surface area contributed by atoms with E-state index in [1.807, 2.05) is 6.07 Å². The maximum Gasteiger partial charge on any atom is 0.341 e. The number of carbonyl (C=O) groups is 2. The molecule has 0 saturated heterocycles. The number of aromatic nitrogens is 1. The Balaban J connectivity index is 1.68. The Labute approximate surface area is 194 Å². The molecule has 4 rings (SSSR count). The molecule has 4 aromatic rings. The molecule has 1 aromatic heterocycles. The first-order valence-electron chi connectivity index (χ1n) is 10.0. The summed E-state index contributed by atoms with van der Waals surface area (Å²) in [5.74, 6) is -1.82. The van der Waals surface area contributed by atoms with E-state index in [4.69, 9.17) is 5.11 Å². The summed E-state index contributed by atoms with van der Waals surface area (Å²) in [7, 11) is -4.19. The van der Waals surface area contributed by atoms with Gasteiger partial charge in [0.15, 0.2) is 0 Å². The zero-order chi connectivity index (χ0) is 24.5. The van der Waals surface area contributed by atoms with Gasteiger partial charge in [-0.3, -0.25) is 14.3 Å². The molecule has 0 radical (unpaired) electrons. The van der Waals surface area contributed by atoms with Gasteiger partial charge in [0.25, 0.3) is 15.9 Å². The summed E-state index contributed by atoms with van der Waals surface area (Å²) in [6.07, 6.45) is 1.06. The fourth-order valence-electron chi connectivity index (χ4n) is 3.43. The Bertz CT molecular complexity index is 1610. The molecule has 0 spiro atoms. The van der Waals surface area contributed by atoms with Gasteiger partial charge in [-0.2, -0.15) is 0 Å². The van der Waals surface area contributed by atoms with Crippen LogP contribution in [-0.2, 0) is 10.0 Å². The van der Waals surface area contributed by atoms with Gasteiger partial charge in [0, 0.05) is 22.7 Å². The van der Waals surface area contributed by atoms with E-state index in [9.17, 15) is 22.8 Å². The lowest BCUT2D eigenvalue weighted by molar-refractivity contribution is 0.0695. The van der Waals surface area contributed by atoms with Crippen LogP contribution in [0.5, 0.6) is 0 Å². The number of aryl methyl sites for hydroxylation is 1. The molecule has 0 unspecified atom stereocenters. The predicted molar refractivity (Wildman–Crippen MR) is 128 cm³/mol. The van der Waals surface area contributed by atoms with Crippen molar-refractivity contribution in [3.8, 4) is 0 Å². The van der Waals surface area contributed by atoms with Crippen LogP contribution in [0.3, 0.4) is 0 Å². The van der Waals surface area contributed by atoms with Crippen molar-refractivity contribution < 1.29 is 23.1 Å². The van der Waals surface area contributed by atoms with Gasteiger partial charge in [0.2, 0.25) is 5.43 Å². The molecule has 0 aliphatic heterocycles. The highest BCUT2D eigenvalue weighted by Crippen LogP contribution is 2.26. The lowest BCUT2D eigenvalue weighted by Gasteiger charge is -2.14. The number of nitrogens with one attached hydrogen (secondary N) is 3. The Kier molecular flexibility index (Phi) is 5.91. The number of hydrogen-bond acceptors (Lipinski definition) is 5. The van der Waals surface area contributed by atoms with E-state index in [1.54, 1.807) is 43.3 Å². The standard InChI is InChI=1S/C24H19N3O6S/c1-14-6-2-3-7-16(14)23(29)26-20-8-4-5-9-21(20)27-34(32,33)15-10-11-19-17(12-15)22(28)18(13-25-19)24(30)31/h2-13,27H,1H3,(H,25,28)(H,26,29)(H,30,31). The molecule has 1 heterocycles. The van der Waals surface area contributed by atoms with Crippen molar-refractivity contribution in [3.05, 3.63) is 99.8 Å². The largest absolute Gasteiger partial charge is 0.477 e. The maximum absolute atomic E-state index is 13.1. The highest BCUT2D eigenvalue weighted by molar-refractivity contribution is 7.92. The zero-order valence-corrected chi connectivity index (χ0v) is 18.6. The number of amides is 1. The van der Waals surface area contributed by atoms with Crippen LogP contribution in [0, 0.1) is 6.92 Å². The van der Waals surface area contributed by atoms with Crippen molar-refractivity contribution in [2.75, 3.05) is 10.0 Å².